The number of hydrogen-bond acceptors (Lipinski definition) is 3. The molecule has 1 aliphatic carbocycles. The second-order valence-electron chi connectivity index (χ2n) is 4.56. The molecule has 0 amide bonds. The number of aliphatic hydroxyl groups is 1. The van der Waals surface area contributed by atoms with E-state index < -0.39 is 0 Å². The fourth-order valence-corrected chi connectivity index (χ4v) is 2.34. The van der Waals surface area contributed by atoms with Gasteiger partial charge < -0.3 is 15.2 Å². The first-order chi connectivity index (χ1) is 8.29. The van der Waals surface area contributed by atoms with Crippen molar-refractivity contribution < 1.29 is 9.84 Å². The average molecular weight is 235 g/mol. The summed E-state index contributed by atoms with van der Waals surface area (Å²) < 4.78 is 5.46. The van der Waals surface area contributed by atoms with Crippen molar-refractivity contribution in [2.75, 3.05) is 11.9 Å². The smallest absolute Gasteiger partial charge is 0.121 e. The molecule has 1 aromatic carbocycles. The Labute approximate surface area is 103 Å². The molecule has 0 bridgehead atoms. The van der Waals surface area contributed by atoms with Crippen LogP contribution in [0.3, 0.4) is 0 Å². The van der Waals surface area contributed by atoms with Gasteiger partial charge in [-0.15, -0.1) is 0 Å². The first-order valence-corrected chi connectivity index (χ1v) is 6.47. The Bertz CT molecular complexity index is 354. The van der Waals surface area contributed by atoms with Crippen molar-refractivity contribution in [3.8, 4) is 5.75 Å². The largest absolute Gasteiger partial charge is 0.494 e. The second-order valence-corrected chi connectivity index (χ2v) is 4.56. The van der Waals surface area contributed by atoms with Crippen LogP contribution in [-0.2, 0) is 0 Å². The number of ether oxygens (including phenoxy) is 1. The molecule has 0 unspecified atom stereocenters. The fourth-order valence-electron chi connectivity index (χ4n) is 2.34. The van der Waals surface area contributed by atoms with Crippen molar-refractivity contribution in [3.05, 3.63) is 24.3 Å². The van der Waals surface area contributed by atoms with E-state index in [0.29, 0.717) is 6.61 Å². The van der Waals surface area contributed by atoms with Crippen molar-refractivity contribution in [3.63, 3.8) is 0 Å². The van der Waals surface area contributed by atoms with Gasteiger partial charge in [-0.3, -0.25) is 0 Å². The van der Waals surface area contributed by atoms with Gasteiger partial charge in [0.25, 0.3) is 0 Å². The van der Waals surface area contributed by atoms with E-state index in [-0.39, 0.29) is 12.1 Å². The predicted molar refractivity (Wildman–Crippen MR) is 69.5 cm³/mol. The van der Waals surface area contributed by atoms with Crippen LogP contribution in [0.1, 0.15) is 32.6 Å². The van der Waals surface area contributed by atoms with Gasteiger partial charge in [0, 0.05) is 11.8 Å². The molecular formula is C14H21NO2. The van der Waals surface area contributed by atoms with Crippen LogP contribution < -0.4 is 10.1 Å². The quantitative estimate of drug-likeness (QED) is 0.843. The van der Waals surface area contributed by atoms with Gasteiger partial charge in [0.2, 0.25) is 0 Å². The van der Waals surface area contributed by atoms with Crippen molar-refractivity contribution in [1.29, 1.82) is 0 Å². The van der Waals surface area contributed by atoms with E-state index in [2.05, 4.69) is 5.32 Å². The van der Waals surface area contributed by atoms with Crippen LogP contribution in [-0.4, -0.2) is 23.9 Å². The number of nitrogens with one attached hydrogen (secondary N) is 1. The summed E-state index contributed by atoms with van der Waals surface area (Å²) in [5.41, 5.74) is 1.03. The lowest BCUT2D eigenvalue weighted by Gasteiger charge is -2.29. The molecule has 3 nitrogen and oxygen atoms in total. The zero-order chi connectivity index (χ0) is 12.1. The van der Waals surface area contributed by atoms with Gasteiger partial charge in [-0.25, -0.2) is 0 Å². The Morgan fingerprint density at radius 3 is 2.94 bits per heavy atom. The lowest BCUT2D eigenvalue weighted by Crippen LogP contribution is -2.36. The zero-order valence-corrected chi connectivity index (χ0v) is 10.4. The summed E-state index contributed by atoms with van der Waals surface area (Å²) in [4.78, 5) is 0. The minimum Gasteiger partial charge on any atom is -0.494 e. The van der Waals surface area contributed by atoms with E-state index in [0.717, 1.165) is 30.7 Å². The van der Waals surface area contributed by atoms with E-state index in [1.54, 1.807) is 0 Å². The summed E-state index contributed by atoms with van der Waals surface area (Å²) in [5, 5.41) is 13.3. The highest BCUT2D eigenvalue weighted by Gasteiger charge is 2.22. The van der Waals surface area contributed by atoms with Crippen molar-refractivity contribution >= 4 is 5.69 Å². The Hall–Kier alpha value is -1.22. The van der Waals surface area contributed by atoms with Crippen molar-refractivity contribution in [2.45, 2.75) is 44.8 Å². The molecule has 0 aromatic heterocycles. The number of rotatable bonds is 4. The van der Waals surface area contributed by atoms with Crippen LogP contribution in [0.2, 0.25) is 0 Å². The third kappa shape index (κ3) is 3.37. The minimum atomic E-state index is -0.223. The number of aliphatic hydroxyl groups excluding tert-OH is 1. The lowest BCUT2D eigenvalue weighted by atomic mass is 9.92. The molecule has 3 heteroatoms. The summed E-state index contributed by atoms with van der Waals surface area (Å²) in [6.07, 6.45) is 4.06. The Balaban J connectivity index is 1.99. The minimum absolute atomic E-state index is 0.181. The van der Waals surface area contributed by atoms with Crippen LogP contribution in [0.5, 0.6) is 5.75 Å². The molecule has 94 valence electrons. The van der Waals surface area contributed by atoms with E-state index >= 15 is 0 Å². The summed E-state index contributed by atoms with van der Waals surface area (Å²) in [6.45, 7) is 2.65. The maximum Gasteiger partial charge on any atom is 0.121 e. The van der Waals surface area contributed by atoms with Gasteiger partial charge in [-0.05, 0) is 31.9 Å². The Kier molecular flexibility index (Phi) is 4.26. The molecule has 1 aliphatic rings. The molecule has 17 heavy (non-hydrogen) atoms. The number of benzene rings is 1. The topological polar surface area (TPSA) is 41.5 Å². The lowest BCUT2D eigenvalue weighted by molar-refractivity contribution is 0.116. The van der Waals surface area contributed by atoms with Gasteiger partial charge >= 0.3 is 0 Å². The molecular weight excluding hydrogens is 214 g/mol. The van der Waals surface area contributed by atoms with Crippen LogP contribution in [0.25, 0.3) is 0 Å². The number of hydrogen-bond donors (Lipinski definition) is 2. The van der Waals surface area contributed by atoms with Crippen molar-refractivity contribution in [1.82, 2.24) is 0 Å². The first-order valence-electron chi connectivity index (χ1n) is 6.47. The van der Waals surface area contributed by atoms with E-state index in [4.69, 9.17) is 4.74 Å². The third-order valence-electron chi connectivity index (χ3n) is 3.23. The summed E-state index contributed by atoms with van der Waals surface area (Å²) in [5.74, 6) is 0.878. The van der Waals surface area contributed by atoms with Gasteiger partial charge in [-0.2, -0.15) is 0 Å². The van der Waals surface area contributed by atoms with Gasteiger partial charge in [0.15, 0.2) is 0 Å². The van der Waals surface area contributed by atoms with Crippen molar-refractivity contribution in [2.24, 2.45) is 0 Å². The molecule has 0 heterocycles. The summed E-state index contributed by atoms with van der Waals surface area (Å²) in [7, 11) is 0. The van der Waals surface area contributed by atoms with Gasteiger partial charge in [0.05, 0.1) is 18.8 Å². The molecule has 2 N–H and O–H groups in total. The zero-order valence-electron chi connectivity index (χ0n) is 10.4. The van der Waals surface area contributed by atoms with Crippen LogP contribution in [0.4, 0.5) is 5.69 Å². The molecule has 2 rings (SSSR count). The third-order valence-corrected chi connectivity index (χ3v) is 3.23. The first kappa shape index (κ1) is 12.2. The predicted octanol–water partition coefficient (Wildman–Crippen LogP) is 2.80. The maximum absolute atomic E-state index is 9.91. The molecule has 0 saturated heterocycles. The molecule has 2 atom stereocenters. The van der Waals surface area contributed by atoms with Crippen LogP contribution in [0.15, 0.2) is 24.3 Å². The molecule has 1 aromatic rings. The van der Waals surface area contributed by atoms with E-state index in [1.165, 1.54) is 6.42 Å². The SMILES string of the molecule is CCOc1cccc(N[C@H]2CCCC[C@@H]2O)c1. The summed E-state index contributed by atoms with van der Waals surface area (Å²) >= 11 is 0. The molecule has 1 saturated carbocycles. The average Bonchev–Trinajstić information content (AvgIpc) is 2.33. The second kappa shape index (κ2) is 5.92. The van der Waals surface area contributed by atoms with Crippen LogP contribution in [0, 0.1) is 0 Å². The van der Waals surface area contributed by atoms with Gasteiger partial charge in [-0.1, -0.05) is 18.9 Å². The van der Waals surface area contributed by atoms with E-state index in [9.17, 15) is 5.11 Å². The molecule has 0 spiro atoms. The van der Waals surface area contributed by atoms with E-state index in [1.807, 2.05) is 31.2 Å². The summed E-state index contributed by atoms with van der Waals surface area (Å²) in [6, 6.07) is 8.11. The number of anilines is 1. The molecule has 1 fully saturated rings. The molecule has 0 radical (unpaired) electrons. The maximum atomic E-state index is 9.91. The van der Waals surface area contributed by atoms with Gasteiger partial charge in [0.1, 0.15) is 5.75 Å². The highest BCUT2D eigenvalue weighted by molar-refractivity contribution is 5.49. The standard InChI is InChI=1S/C14H21NO2/c1-2-17-12-7-5-6-11(10-12)15-13-8-3-4-9-14(13)16/h5-7,10,13-16H,2-4,8-9H2,1H3/t13-,14-/m0/s1. The fraction of sp³-hybridized carbons (Fsp3) is 0.571. The molecule has 0 aliphatic heterocycles. The van der Waals surface area contributed by atoms with Crippen LogP contribution >= 0.6 is 0 Å². The monoisotopic (exact) mass is 235 g/mol. The normalized spacial score (nSPS) is 24.4. The Morgan fingerprint density at radius 1 is 1.35 bits per heavy atom. The Morgan fingerprint density at radius 2 is 2.18 bits per heavy atom. The highest BCUT2D eigenvalue weighted by atomic mass is 16.5. The highest BCUT2D eigenvalue weighted by Crippen LogP contribution is 2.24.